The van der Waals surface area contributed by atoms with Crippen molar-refractivity contribution >= 4 is 32.4 Å². The maximum Gasteiger partial charge on any atom is 0.181 e. The number of nitrogen functional groups attached to an aromatic ring is 1. The van der Waals surface area contributed by atoms with Crippen molar-refractivity contribution in [2.75, 3.05) is 18.1 Å². The third-order valence-electron chi connectivity index (χ3n) is 1.84. The van der Waals surface area contributed by atoms with Crippen molar-refractivity contribution in [1.29, 1.82) is 0 Å². The Bertz CT molecular complexity index is 495. The molecule has 0 atom stereocenters. The van der Waals surface area contributed by atoms with Gasteiger partial charge in [0.05, 0.1) is 10.4 Å². The molecule has 0 unspecified atom stereocenters. The molecule has 0 saturated carbocycles. The second-order valence-electron chi connectivity index (χ2n) is 2.70. The first-order valence-electron chi connectivity index (χ1n) is 3.85. The van der Waals surface area contributed by atoms with Gasteiger partial charge in [0, 0.05) is 13.1 Å². The van der Waals surface area contributed by atoms with E-state index in [0.29, 0.717) is 0 Å². The summed E-state index contributed by atoms with van der Waals surface area (Å²) in [6, 6.07) is 0.825. The Hall–Kier alpha value is -1.43. The number of anilines is 2. The SMILES string of the molecule is CNc1c(F)cc(F)c2sc(N)nc12. The average Bonchev–Trinajstić information content (AvgIpc) is 2.48. The topological polar surface area (TPSA) is 50.9 Å². The number of thiazole rings is 1. The van der Waals surface area contributed by atoms with E-state index in [9.17, 15) is 8.78 Å². The van der Waals surface area contributed by atoms with Gasteiger partial charge in [-0.15, -0.1) is 0 Å². The van der Waals surface area contributed by atoms with Crippen LogP contribution in [0.15, 0.2) is 6.07 Å². The molecule has 3 nitrogen and oxygen atoms in total. The molecule has 14 heavy (non-hydrogen) atoms. The Morgan fingerprint density at radius 3 is 2.79 bits per heavy atom. The number of nitrogens with zero attached hydrogens (tertiary/aromatic N) is 1. The lowest BCUT2D eigenvalue weighted by Crippen LogP contribution is -1.95. The minimum atomic E-state index is -0.664. The standard InChI is InChI=1S/C8H7F2N3S/c1-12-5-3(9)2-4(10)7-6(5)13-8(11)14-7/h2,12H,1H3,(H2,11,13). The van der Waals surface area contributed by atoms with Gasteiger partial charge in [-0.05, 0) is 0 Å². The molecule has 0 bridgehead atoms. The molecular formula is C8H7F2N3S. The van der Waals surface area contributed by atoms with E-state index < -0.39 is 11.6 Å². The summed E-state index contributed by atoms with van der Waals surface area (Å²) in [6.45, 7) is 0. The summed E-state index contributed by atoms with van der Waals surface area (Å²) in [5.41, 5.74) is 5.84. The molecule has 0 spiro atoms. The summed E-state index contributed by atoms with van der Waals surface area (Å²) in [7, 11) is 1.55. The monoisotopic (exact) mass is 215 g/mol. The molecule has 0 saturated heterocycles. The predicted molar refractivity (Wildman–Crippen MR) is 53.5 cm³/mol. The highest BCUT2D eigenvalue weighted by molar-refractivity contribution is 7.22. The van der Waals surface area contributed by atoms with Gasteiger partial charge in [-0.1, -0.05) is 11.3 Å². The van der Waals surface area contributed by atoms with E-state index in [1.54, 1.807) is 7.05 Å². The van der Waals surface area contributed by atoms with Gasteiger partial charge in [-0.2, -0.15) is 0 Å². The molecule has 0 radical (unpaired) electrons. The van der Waals surface area contributed by atoms with E-state index in [2.05, 4.69) is 10.3 Å². The maximum absolute atomic E-state index is 13.2. The highest BCUT2D eigenvalue weighted by Crippen LogP contribution is 2.33. The van der Waals surface area contributed by atoms with E-state index in [1.165, 1.54) is 0 Å². The van der Waals surface area contributed by atoms with E-state index in [-0.39, 0.29) is 21.0 Å². The minimum absolute atomic E-state index is 0.175. The fourth-order valence-corrected chi connectivity index (χ4v) is 2.01. The van der Waals surface area contributed by atoms with Gasteiger partial charge in [0.15, 0.2) is 10.9 Å². The molecule has 0 aliphatic heterocycles. The molecule has 3 N–H and O–H groups in total. The normalized spacial score (nSPS) is 10.8. The number of nitrogens with two attached hydrogens (primary N) is 1. The summed E-state index contributed by atoms with van der Waals surface area (Å²) in [4.78, 5) is 3.86. The number of rotatable bonds is 1. The Kier molecular flexibility index (Phi) is 1.99. The molecule has 1 aromatic carbocycles. The van der Waals surface area contributed by atoms with E-state index >= 15 is 0 Å². The summed E-state index contributed by atoms with van der Waals surface area (Å²) in [5.74, 6) is -1.30. The molecule has 0 fully saturated rings. The Labute approximate surface area is 82.6 Å². The van der Waals surface area contributed by atoms with Crippen molar-refractivity contribution in [2.45, 2.75) is 0 Å². The second-order valence-corrected chi connectivity index (χ2v) is 3.73. The summed E-state index contributed by atoms with van der Waals surface area (Å²) >= 11 is 1.00. The highest BCUT2D eigenvalue weighted by Gasteiger charge is 2.15. The smallest absolute Gasteiger partial charge is 0.181 e. The van der Waals surface area contributed by atoms with Crippen LogP contribution in [-0.2, 0) is 0 Å². The molecule has 0 aliphatic carbocycles. The molecule has 74 valence electrons. The molecular weight excluding hydrogens is 208 g/mol. The number of aromatic nitrogens is 1. The first-order valence-corrected chi connectivity index (χ1v) is 4.67. The van der Waals surface area contributed by atoms with Crippen molar-refractivity contribution in [2.24, 2.45) is 0 Å². The fraction of sp³-hybridized carbons (Fsp3) is 0.125. The first-order chi connectivity index (χ1) is 6.63. The van der Waals surface area contributed by atoms with Crippen LogP contribution in [0.5, 0.6) is 0 Å². The summed E-state index contributed by atoms with van der Waals surface area (Å²) in [6.07, 6.45) is 0. The highest BCUT2D eigenvalue weighted by atomic mass is 32.1. The van der Waals surface area contributed by atoms with Crippen LogP contribution in [0.25, 0.3) is 10.2 Å². The van der Waals surface area contributed by atoms with Crippen LogP contribution >= 0.6 is 11.3 Å². The average molecular weight is 215 g/mol. The molecule has 6 heteroatoms. The lowest BCUT2D eigenvalue weighted by molar-refractivity contribution is 0.595. The quantitative estimate of drug-likeness (QED) is 0.766. The van der Waals surface area contributed by atoms with Gasteiger partial charge in [0.1, 0.15) is 11.3 Å². The molecule has 1 aromatic heterocycles. The van der Waals surface area contributed by atoms with Crippen LogP contribution in [0.3, 0.4) is 0 Å². The third kappa shape index (κ3) is 1.19. The van der Waals surface area contributed by atoms with Crippen LogP contribution in [0.2, 0.25) is 0 Å². The minimum Gasteiger partial charge on any atom is -0.384 e. The zero-order valence-corrected chi connectivity index (χ0v) is 8.08. The van der Waals surface area contributed by atoms with Gasteiger partial charge in [-0.25, -0.2) is 13.8 Å². The Balaban J connectivity index is 2.89. The van der Waals surface area contributed by atoms with Gasteiger partial charge < -0.3 is 11.1 Å². The molecule has 0 aliphatic rings. The Morgan fingerprint density at radius 2 is 2.14 bits per heavy atom. The first kappa shape index (κ1) is 9.14. The van der Waals surface area contributed by atoms with Gasteiger partial charge >= 0.3 is 0 Å². The number of hydrogen-bond acceptors (Lipinski definition) is 4. The van der Waals surface area contributed by atoms with Crippen LogP contribution < -0.4 is 11.1 Å². The number of halogens is 2. The number of benzene rings is 1. The number of nitrogens with one attached hydrogen (secondary N) is 1. The van der Waals surface area contributed by atoms with Gasteiger partial charge in [0.25, 0.3) is 0 Å². The van der Waals surface area contributed by atoms with Crippen molar-refractivity contribution in [1.82, 2.24) is 4.98 Å². The number of hydrogen-bond donors (Lipinski definition) is 2. The van der Waals surface area contributed by atoms with E-state index in [0.717, 1.165) is 17.4 Å². The van der Waals surface area contributed by atoms with Crippen LogP contribution in [0.4, 0.5) is 19.6 Å². The molecule has 2 rings (SSSR count). The van der Waals surface area contributed by atoms with Crippen LogP contribution in [0.1, 0.15) is 0 Å². The van der Waals surface area contributed by atoms with Crippen molar-refractivity contribution in [3.8, 4) is 0 Å². The fourth-order valence-electron chi connectivity index (χ4n) is 1.27. The Morgan fingerprint density at radius 1 is 1.43 bits per heavy atom. The van der Waals surface area contributed by atoms with Crippen LogP contribution in [-0.4, -0.2) is 12.0 Å². The van der Waals surface area contributed by atoms with Crippen LogP contribution in [0, 0.1) is 11.6 Å². The zero-order valence-electron chi connectivity index (χ0n) is 7.27. The lowest BCUT2D eigenvalue weighted by atomic mass is 10.2. The van der Waals surface area contributed by atoms with E-state index in [1.807, 2.05) is 0 Å². The molecule has 0 amide bonds. The van der Waals surface area contributed by atoms with Crippen molar-refractivity contribution in [3.63, 3.8) is 0 Å². The largest absolute Gasteiger partial charge is 0.384 e. The third-order valence-corrected chi connectivity index (χ3v) is 2.73. The second kappa shape index (κ2) is 3.06. The lowest BCUT2D eigenvalue weighted by Gasteiger charge is -2.02. The molecule has 2 aromatic rings. The van der Waals surface area contributed by atoms with Crippen molar-refractivity contribution in [3.05, 3.63) is 17.7 Å². The van der Waals surface area contributed by atoms with Gasteiger partial charge in [0.2, 0.25) is 0 Å². The molecule has 1 heterocycles. The summed E-state index contributed by atoms with van der Waals surface area (Å²) < 4.78 is 26.7. The van der Waals surface area contributed by atoms with Crippen molar-refractivity contribution < 1.29 is 8.78 Å². The summed E-state index contributed by atoms with van der Waals surface area (Å²) in [5, 5.41) is 2.85. The predicted octanol–water partition coefficient (Wildman–Crippen LogP) is 2.20. The van der Waals surface area contributed by atoms with Gasteiger partial charge in [-0.3, -0.25) is 0 Å². The number of fused-ring (bicyclic) bond motifs is 1. The zero-order chi connectivity index (χ0) is 10.3. The van der Waals surface area contributed by atoms with E-state index in [4.69, 9.17) is 5.73 Å². The maximum atomic E-state index is 13.2.